The van der Waals surface area contributed by atoms with Crippen molar-refractivity contribution in [3.8, 4) is 10.4 Å². The highest BCUT2D eigenvalue weighted by molar-refractivity contribution is 7.19. The SMILES string of the molecule is CC(CO)c1cc(F)c(-c2cc(C(N)=O)c(N)s2)c(F)c1. The lowest BCUT2D eigenvalue weighted by molar-refractivity contribution is 0.100. The van der Waals surface area contributed by atoms with Crippen LogP contribution in [0.4, 0.5) is 13.8 Å². The Balaban J connectivity index is 2.55. The molecule has 1 amide bonds. The van der Waals surface area contributed by atoms with Crippen LogP contribution in [0.15, 0.2) is 18.2 Å². The van der Waals surface area contributed by atoms with Crippen LogP contribution in [0.2, 0.25) is 0 Å². The summed E-state index contributed by atoms with van der Waals surface area (Å²) in [6, 6.07) is 3.61. The summed E-state index contributed by atoms with van der Waals surface area (Å²) < 4.78 is 28.3. The van der Waals surface area contributed by atoms with Crippen molar-refractivity contribution < 1.29 is 18.7 Å². The molecule has 0 radical (unpaired) electrons. The quantitative estimate of drug-likeness (QED) is 0.810. The molecular formula is C14H14F2N2O2S. The number of thiophene rings is 1. The molecule has 1 unspecified atom stereocenters. The number of halogens is 2. The number of carbonyl (C=O) groups is 1. The van der Waals surface area contributed by atoms with Gasteiger partial charge in [-0.3, -0.25) is 4.79 Å². The monoisotopic (exact) mass is 312 g/mol. The Hall–Kier alpha value is -1.99. The van der Waals surface area contributed by atoms with E-state index in [1.54, 1.807) is 6.92 Å². The number of aliphatic hydroxyl groups excluding tert-OH is 1. The van der Waals surface area contributed by atoms with Gasteiger partial charge in [0.25, 0.3) is 5.91 Å². The summed E-state index contributed by atoms with van der Waals surface area (Å²) in [6.07, 6.45) is 0. The zero-order chi connectivity index (χ0) is 15.7. The first-order valence-electron chi connectivity index (χ1n) is 6.14. The molecule has 0 aliphatic rings. The smallest absolute Gasteiger partial charge is 0.251 e. The van der Waals surface area contributed by atoms with Crippen LogP contribution < -0.4 is 11.5 Å². The van der Waals surface area contributed by atoms with Gasteiger partial charge in [-0.25, -0.2) is 8.78 Å². The maximum atomic E-state index is 14.2. The van der Waals surface area contributed by atoms with Gasteiger partial charge < -0.3 is 16.6 Å². The molecule has 1 heterocycles. The topological polar surface area (TPSA) is 89.3 Å². The molecule has 0 saturated heterocycles. The van der Waals surface area contributed by atoms with Gasteiger partial charge in [0.05, 0.1) is 16.1 Å². The molecule has 0 aliphatic heterocycles. The number of nitrogens with two attached hydrogens (primary N) is 2. The molecule has 1 atom stereocenters. The first-order valence-corrected chi connectivity index (χ1v) is 6.96. The Morgan fingerprint density at radius 3 is 2.33 bits per heavy atom. The Morgan fingerprint density at radius 1 is 1.33 bits per heavy atom. The molecule has 0 spiro atoms. The Labute approximate surface area is 124 Å². The molecule has 0 bridgehead atoms. The summed E-state index contributed by atoms with van der Waals surface area (Å²) in [5.74, 6) is -2.68. The highest BCUT2D eigenvalue weighted by atomic mass is 32.1. The van der Waals surface area contributed by atoms with Gasteiger partial charge in [0.15, 0.2) is 0 Å². The molecule has 2 rings (SSSR count). The molecule has 1 aromatic heterocycles. The van der Waals surface area contributed by atoms with E-state index in [4.69, 9.17) is 16.6 Å². The maximum absolute atomic E-state index is 14.2. The second kappa shape index (κ2) is 5.79. The molecule has 112 valence electrons. The van der Waals surface area contributed by atoms with E-state index in [1.807, 2.05) is 0 Å². The van der Waals surface area contributed by atoms with E-state index in [0.29, 0.717) is 5.56 Å². The Bertz CT molecular complexity index is 677. The molecule has 0 fully saturated rings. The molecule has 7 heteroatoms. The number of hydrogen-bond acceptors (Lipinski definition) is 4. The highest BCUT2D eigenvalue weighted by Crippen LogP contribution is 2.37. The van der Waals surface area contributed by atoms with Crippen LogP contribution in [0.1, 0.15) is 28.8 Å². The van der Waals surface area contributed by atoms with Crippen molar-refractivity contribution in [2.24, 2.45) is 5.73 Å². The predicted molar refractivity (Wildman–Crippen MR) is 78.1 cm³/mol. The fourth-order valence-corrected chi connectivity index (χ4v) is 2.92. The summed E-state index contributed by atoms with van der Waals surface area (Å²) in [6.45, 7) is 1.44. The van der Waals surface area contributed by atoms with Gasteiger partial charge in [0, 0.05) is 17.4 Å². The Morgan fingerprint density at radius 2 is 1.90 bits per heavy atom. The van der Waals surface area contributed by atoms with Crippen molar-refractivity contribution in [2.75, 3.05) is 12.3 Å². The van der Waals surface area contributed by atoms with Crippen LogP contribution in [0, 0.1) is 11.6 Å². The minimum absolute atomic E-state index is 0.0432. The number of rotatable bonds is 4. The largest absolute Gasteiger partial charge is 0.396 e. The molecule has 2 aromatic rings. The second-order valence-electron chi connectivity index (χ2n) is 4.70. The van der Waals surface area contributed by atoms with E-state index in [1.165, 1.54) is 18.2 Å². The van der Waals surface area contributed by atoms with E-state index in [0.717, 1.165) is 11.3 Å². The molecule has 4 nitrogen and oxygen atoms in total. The van der Waals surface area contributed by atoms with Crippen LogP contribution in [0.25, 0.3) is 10.4 Å². The number of aliphatic hydroxyl groups is 1. The predicted octanol–water partition coefficient (Wildman–Crippen LogP) is 2.47. The van der Waals surface area contributed by atoms with Crippen LogP contribution in [-0.2, 0) is 0 Å². The van der Waals surface area contributed by atoms with E-state index >= 15 is 0 Å². The summed E-state index contributed by atoms with van der Waals surface area (Å²) in [7, 11) is 0. The standard InChI is InChI=1S/C14H14F2N2O2S/c1-6(5-19)7-2-9(15)12(10(16)3-7)11-4-8(13(17)20)14(18)21-11/h2-4,6,19H,5,18H2,1H3,(H2,17,20). The lowest BCUT2D eigenvalue weighted by Gasteiger charge is -2.11. The first-order chi connectivity index (χ1) is 9.85. The highest BCUT2D eigenvalue weighted by Gasteiger charge is 2.20. The zero-order valence-electron chi connectivity index (χ0n) is 11.2. The van der Waals surface area contributed by atoms with E-state index < -0.39 is 17.5 Å². The van der Waals surface area contributed by atoms with Gasteiger partial charge in [-0.05, 0) is 23.8 Å². The van der Waals surface area contributed by atoms with Crippen molar-refractivity contribution >= 4 is 22.2 Å². The molecule has 1 aromatic carbocycles. The van der Waals surface area contributed by atoms with Gasteiger partial charge in [-0.1, -0.05) is 6.92 Å². The van der Waals surface area contributed by atoms with Crippen LogP contribution in [0.3, 0.4) is 0 Å². The fraction of sp³-hybridized carbons (Fsp3) is 0.214. The molecular weight excluding hydrogens is 298 g/mol. The van der Waals surface area contributed by atoms with Crippen molar-refractivity contribution in [3.63, 3.8) is 0 Å². The van der Waals surface area contributed by atoms with E-state index in [-0.39, 0.29) is 33.5 Å². The normalized spacial score (nSPS) is 12.4. The van der Waals surface area contributed by atoms with Gasteiger partial charge in [-0.15, -0.1) is 11.3 Å². The van der Waals surface area contributed by atoms with Crippen LogP contribution in [0.5, 0.6) is 0 Å². The average molecular weight is 312 g/mol. The van der Waals surface area contributed by atoms with Crippen LogP contribution >= 0.6 is 11.3 Å². The summed E-state index contributed by atoms with van der Waals surface area (Å²) in [5.41, 5.74) is 10.9. The third-order valence-corrected chi connectivity index (χ3v) is 4.16. The summed E-state index contributed by atoms with van der Waals surface area (Å²) >= 11 is 0.892. The first kappa shape index (κ1) is 15.4. The van der Waals surface area contributed by atoms with Crippen molar-refractivity contribution in [2.45, 2.75) is 12.8 Å². The number of carbonyl (C=O) groups excluding carboxylic acids is 1. The molecule has 21 heavy (non-hydrogen) atoms. The number of hydrogen-bond donors (Lipinski definition) is 3. The summed E-state index contributed by atoms with van der Waals surface area (Å²) in [5, 5.41) is 9.16. The third kappa shape index (κ3) is 2.88. The molecule has 0 saturated carbocycles. The van der Waals surface area contributed by atoms with Crippen LogP contribution in [-0.4, -0.2) is 17.6 Å². The van der Waals surface area contributed by atoms with E-state index in [9.17, 15) is 13.6 Å². The number of primary amides is 1. The molecule has 5 N–H and O–H groups in total. The fourth-order valence-electron chi connectivity index (χ4n) is 1.94. The second-order valence-corrected chi connectivity index (χ2v) is 5.78. The minimum Gasteiger partial charge on any atom is -0.396 e. The zero-order valence-corrected chi connectivity index (χ0v) is 12.0. The maximum Gasteiger partial charge on any atom is 0.251 e. The summed E-state index contributed by atoms with van der Waals surface area (Å²) in [4.78, 5) is 11.3. The van der Waals surface area contributed by atoms with Gasteiger partial charge in [0.2, 0.25) is 0 Å². The van der Waals surface area contributed by atoms with Gasteiger partial charge in [0.1, 0.15) is 11.6 Å². The van der Waals surface area contributed by atoms with Crippen molar-refractivity contribution in [1.82, 2.24) is 0 Å². The number of nitrogen functional groups attached to an aromatic ring is 1. The van der Waals surface area contributed by atoms with Gasteiger partial charge >= 0.3 is 0 Å². The number of amides is 1. The lowest BCUT2D eigenvalue weighted by Crippen LogP contribution is -2.11. The third-order valence-electron chi connectivity index (χ3n) is 3.18. The number of benzene rings is 1. The average Bonchev–Trinajstić information content (AvgIpc) is 2.78. The van der Waals surface area contributed by atoms with Crippen molar-refractivity contribution in [3.05, 3.63) is 41.0 Å². The van der Waals surface area contributed by atoms with Gasteiger partial charge in [-0.2, -0.15) is 0 Å². The van der Waals surface area contributed by atoms with Crippen molar-refractivity contribution in [1.29, 1.82) is 0 Å². The number of anilines is 1. The molecule has 0 aliphatic carbocycles. The van der Waals surface area contributed by atoms with E-state index in [2.05, 4.69) is 0 Å². The minimum atomic E-state index is -0.775. The Kier molecular flexibility index (Phi) is 4.24. The lowest BCUT2D eigenvalue weighted by atomic mass is 9.99.